The van der Waals surface area contributed by atoms with Crippen molar-refractivity contribution in [2.24, 2.45) is 5.92 Å². The summed E-state index contributed by atoms with van der Waals surface area (Å²) in [5.74, 6) is 0.219. The fourth-order valence-electron chi connectivity index (χ4n) is 2.32. The van der Waals surface area contributed by atoms with Crippen LogP contribution in [0.5, 0.6) is 0 Å². The van der Waals surface area contributed by atoms with Gasteiger partial charge in [-0.1, -0.05) is 11.6 Å². The van der Waals surface area contributed by atoms with E-state index >= 15 is 0 Å². The molecule has 9 heteroatoms. The number of ether oxygens (including phenoxy) is 1. The molecule has 0 aliphatic carbocycles. The molecule has 1 heterocycles. The van der Waals surface area contributed by atoms with Crippen molar-refractivity contribution >= 4 is 28.9 Å². The van der Waals surface area contributed by atoms with Crippen molar-refractivity contribution in [3.05, 3.63) is 28.8 Å². The van der Waals surface area contributed by atoms with E-state index in [1.807, 2.05) is 0 Å². The SMILES string of the molecule is CC(C)(C)OC(=O)N1CC(C[S+]([O-])c2ccc(C(F)(F)F)cc2Cl)C1. The van der Waals surface area contributed by atoms with Gasteiger partial charge >= 0.3 is 12.3 Å². The first-order chi connectivity index (χ1) is 11.4. The van der Waals surface area contributed by atoms with Crippen molar-refractivity contribution in [1.82, 2.24) is 4.90 Å². The molecule has 0 N–H and O–H groups in total. The highest BCUT2D eigenvalue weighted by molar-refractivity contribution is 7.91. The Morgan fingerprint density at radius 1 is 1.36 bits per heavy atom. The van der Waals surface area contributed by atoms with Gasteiger partial charge in [0, 0.05) is 19.0 Å². The van der Waals surface area contributed by atoms with Crippen LogP contribution in [-0.4, -0.2) is 40.0 Å². The minimum absolute atomic E-state index is 0.00767. The molecule has 0 radical (unpaired) electrons. The lowest BCUT2D eigenvalue weighted by atomic mass is 10.0. The number of halogens is 4. The molecular formula is C16H19ClF3NO3S. The van der Waals surface area contributed by atoms with Crippen LogP contribution in [0.25, 0.3) is 0 Å². The summed E-state index contributed by atoms with van der Waals surface area (Å²) >= 11 is 4.32. The minimum atomic E-state index is -4.49. The van der Waals surface area contributed by atoms with Crippen molar-refractivity contribution in [2.75, 3.05) is 18.8 Å². The summed E-state index contributed by atoms with van der Waals surface area (Å²) in [5.41, 5.74) is -1.46. The first-order valence-corrected chi connectivity index (χ1v) is 9.29. The van der Waals surface area contributed by atoms with Crippen LogP contribution in [0.4, 0.5) is 18.0 Å². The highest BCUT2D eigenvalue weighted by Gasteiger charge is 2.37. The van der Waals surface area contributed by atoms with Gasteiger partial charge in [0.25, 0.3) is 0 Å². The predicted octanol–water partition coefficient (Wildman–Crippen LogP) is 4.33. The molecule has 1 aromatic carbocycles. The Morgan fingerprint density at radius 3 is 2.44 bits per heavy atom. The van der Waals surface area contributed by atoms with Crippen LogP contribution >= 0.6 is 11.6 Å². The van der Waals surface area contributed by atoms with E-state index in [2.05, 4.69) is 0 Å². The molecule has 25 heavy (non-hydrogen) atoms. The molecule has 140 valence electrons. The van der Waals surface area contributed by atoms with Crippen LogP contribution < -0.4 is 0 Å². The number of benzene rings is 1. The molecular weight excluding hydrogens is 379 g/mol. The molecule has 4 nitrogen and oxygen atoms in total. The van der Waals surface area contributed by atoms with Crippen LogP contribution in [0.15, 0.2) is 23.1 Å². The van der Waals surface area contributed by atoms with Crippen molar-refractivity contribution in [3.8, 4) is 0 Å². The number of rotatable bonds is 3. The van der Waals surface area contributed by atoms with Crippen LogP contribution in [-0.2, 0) is 22.1 Å². The quantitative estimate of drug-likeness (QED) is 0.713. The fraction of sp³-hybridized carbons (Fsp3) is 0.562. The van der Waals surface area contributed by atoms with Crippen LogP contribution in [0.2, 0.25) is 5.02 Å². The number of alkyl halides is 3. The van der Waals surface area contributed by atoms with Gasteiger partial charge in [0.2, 0.25) is 0 Å². The van der Waals surface area contributed by atoms with Gasteiger partial charge in [-0.2, -0.15) is 13.2 Å². The first-order valence-electron chi connectivity index (χ1n) is 7.60. The topological polar surface area (TPSA) is 52.6 Å². The van der Waals surface area contributed by atoms with Crippen molar-refractivity contribution in [3.63, 3.8) is 0 Å². The van der Waals surface area contributed by atoms with Gasteiger partial charge in [0.1, 0.15) is 11.4 Å². The monoisotopic (exact) mass is 397 g/mol. The van der Waals surface area contributed by atoms with Gasteiger partial charge in [0.05, 0.1) is 10.6 Å². The van der Waals surface area contributed by atoms with Crippen LogP contribution in [0.1, 0.15) is 26.3 Å². The lowest BCUT2D eigenvalue weighted by Gasteiger charge is -2.39. The van der Waals surface area contributed by atoms with Crippen molar-refractivity contribution in [2.45, 2.75) is 37.4 Å². The first kappa shape index (κ1) is 20.2. The van der Waals surface area contributed by atoms with E-state index in [1.165, 1.54) is 4.90 Å². The Bertz CT molecular complexity index is 642. The Hall–Kier alpha value is -1.12. The molecule has 1 fully saturated rings. The highest BCUT2D eigenvalue weighted by Crippen LogP contribution is 2.34. The molecule has 0 spiro atoms. The van der Waals surface area contributed by atoms with E-state index in [1.54, 1.807) is 20.8 Å². The predicted molar refractivity (Wildman–Crippen MR) is 89.0 cm³/mol. The second-order valence-corrected chi connectivity index (χ2v) is 8.78. The Balaban J connectivity index is 1.90. The molecule has 1 aromatic rings. The van der Waals surface area contributed by atoms with Crippen LogP contribution in [0.3, 0.4) is 0 Å². The normalized spacial score (nSPS) is 17.2. The minimum Gasteiger partial charge on any atom is -0.611 e. The van der Waals surface area contributed by atoms with Gasteiger partial charge in [0.15, 0.2) is 4.90 Å². The lowest BCUT2D eigenvalue weighted by Crippen LogP contribution is -2.53. The third kappa shape index (κ3) is 5.43. The number of hydrogen-bond donors (Lipinski definition) is 0. The number of carbonyl (C=O) groups excluding carboxylic acids is 1. The van der Waals surface area contributed by atoms with E-state index in [-0.39, 0.29) is 21.6 Å². The molecule has 1 aliphatic rings. The largest absolute Gasteiger partial charge is 0.611 e. The molecule has 2 rings (SSSR count). The summed E-state index contributed by atoms with van der Waals surface area (Å²) in [6, 6.07) is 2.79. The van der Waals surface area contributed by atoms with Gasteiger partial charge in [-0.3, -0.25) is 0 Å². The van der Waals surface area contributed by atoms with Gasteiger partial charge < -0.3 is 14.2 Å². The van der Waals surface area contributed by atoms with E-state index in [0.29, 0.717) is 13.1 Å². The fourth-order valence-corrected chi connectivity index (χ4v) is 4.07. The Labute approximate surface area is 152 Å². The zero-order valence-corrected chi connectivity index (χ0v) is 15.6. The number of likely N-dealkylation sites (tertiary alicyclic amines) is 1. The molecule has 0 aromatic heterocycles. The third-order valence-corrected chi connectivity index (χ3v) is 5.55. The molecule has 0 saturated carbocycles. The molecule has 1 atom stereocenters. The second-order valence-electron chi connectivity index (χ2n) is 6.91. The third-order valence-electron chi connectivity index (χ3n) is 3.50. The Kier molecular flexibility index (Phi) is 5.85. The highest BCUT2D eigenvalue weighted by atomic mass is 35.5. The standard InChI is InChI=1S/C16H19ClF3NO3S/c1-15(2,3)24-14(22)21-7-10(8-21)9-25(23)13-5-4-11(6-12(13)17)16(18,19)20/h4-6,10H,7-9H2,1-3H3. The smallest absolute Gasteiger partial charge is 0.416 e. The molecule has 1 aliphatic heterocycles. The number of carbonyl (C=O) groups is 1. The van der Waals surface area contributed by atoms with E-state index in [4.69, 9.17) is 16.3 Å². The molecule has 1 amide bonds. The van der Waals surface area contributed by atoms with Gasteiger partial charge in [-0.25, -0.2) is 4.79 Å². The summed E-state index contributed by atoms with van der Waals surface area (Å²) in [7, 11) is 0. The summed E-state index contributed by atoms with van der Waals surface area (Å²) in [6.45, 7) is 6.11. The molecule has 0 bridgehead atoms. The molecule has 1 unspecified atom stereocenters. The van der Waals surface area contributed by atoms with Gasteiger partial charge in [-0.05, 0) is 50.1 Å². The maximum Gasteiger partial charge on any atom is 0.416 e. The average molecular weight is 398 g/mol. The van der Waals surface area contributed by atoms with E-state index in [9.17, 15) is 22.5 Å². The summed E-state index contributed by atoms with van der Waals surface area (Å²) < 4.78 is 55.5. The maximum atomic E-state index is 12.6. The summed E-state index contributed by atoms with van der Waals surface area (Å²) in [4.78, 5) is 13.5. The second kappa shape index (κ2) is 7.25. The van der Waals surface area contributed by atoms with Gasteiger partial charge in [-0.15, -0.1) is 0 Å². The Morgan fingerprint density at radius 2 is 1.96 bits per heavy atom. The summed E-state index contributed by atoms with van der Waals surface area (Å²) in [6.07, 6.45) is -4.92. The lowest BCUT2D eigenvalue weighted by molar-refractivity contribution is -0.137. The van der Waals surface area contributed by atoms with E-state index in [0.717, 1.165) is 18.2 Å². The number of hydrogen-bond acceptors (Lipinski definition) is 3. The zero-order valence-electron chi connectivity index (χ0n) is 14.0. The number of nitrogens with zero attached hydrogens (tertiary/aromatic N) is 1. The zero-order chi connectivity index (χ0) is 19.0. The molecule has 1 saturated heterocycles. The van der Waals surface area contributed by atoms with E-state index < -0.39 is 34.6 Å². The van der Waals surface area contributed by atoms with Crippen LogP contribution in [0, 0.1) is 5.92 Å². The van der Waals surface area contributed by atoms with Crippen molar-refractivity contribution < 1.29 is 27.3 Å². The number of amides is 1. The summed E-state index contributed by atoms with van der Waals surface area (Å²) in [5, 5.41) is -0.170. The average Bonchev–Trinajstić information content (AvgIpc) is 2.38. The van der Waals surface area contributed by atoms with Crippen molar-refractivity contribution in [1.29, 1.82) is 0 Å². The maximum absolute atomic E-state index is 12.6.